The predicted octanol–water partition coefficient (Wildman–Crippen LogP) is 5.82. The molecule has 0 aliphatic heterocycles. The van der Waals surface area contributed by atoms with Gasteiger partial charge < -0.3 is 0 Å². The van der Waals surface area contributed by atoms with Crippen LogP contribution in [0.2, 0.25) is 39.3 Å². The summed E-state index contributed by atoms with van der Waals surface area (Å²) < 4.78 is 7.98. The molecule has 0 spiro atoms. The molecule has 140 valence electrons. The van der Waals surface area contributed by atoms with Crippen molar-refractivity contribution in [2.75, 3.05) is 0 Å². The van der Waals surface area contributed by atoms with E-state index in [2.05, 4.69) is 81.4 Å². The van der Waals surface area contributed by atoms with Gasteiger partial charge in [0.05, 0.1) is 0 Å². The van der Waals surface area contributed by atoms with Crippen molar-refractivity contribution in [3.63, 3.8) is 0 Å². The second-order valence-electron chi connectivity index (χ2n) is 8.56. The Labute approximate surface area is 174 Å². The fraction of sp³-hybridized carbons (Fsp3) is 0.421. The average molecular weight is 451 g/mol. The Morgan fingerprint density at radius 1 is 0.960 bits per heavy atom. The van der Waals surface area contributed by atoms with Crippen LogP contribution in [-0.4, -0.2) is 21.0 Å². The number of hydrogen-bond donors (Lipinski definition) is 0. The van der Waals surface area contributed by atoms with Crippen molar-refractivity contribution in [1.82, 2.24) is 0 Å². The van der Waals surface area contributed by atoms with Crippen LogP contribution < -0.4 is 8.51 Å². The Kier molecular flexibility index (Phi) is 9.38. The van der Waals surface area contributed by atoms with E-state index in [1.165, 1.54) is 10.8 Å². The molecule has 6 heteroatoms. The number of aryl methyl sites for hydroxylation is 1. The molecule has 1 aliphatic rings. The van der Waals surface area contributed by atoms with Crippen LogP contribution in [-0.2, 0) is 17.8 Å². The fourth-order valence-electron chi connectivity index (χ4n) is 2.92. The SMILES string of the molecule is Cl.Cl.[CH2]=[Ti]([O]c1cc(C)cc([Si](C)(C)C)c1)[C]1=C([Si](C)(C)C)C=CC1. The summed E-state index contributed by atoms with van der Waals surface area (Å²) in [6.07, 6.45) is 5.70. The molecule has 1 aliphatic carbocycles. The zero-order valence-corrected chi connectivity index (χ0v) is 21.7. The van der Waals surface area contributed by atoms with Gasteiger partial charge in [0.15, 0.2) is 0 Å². The van der Waals surface area contributed by atoms with Crippen molar-refractivity contribution in [3.05, 3.63) is 45.0 Å². The Bertz CT molecular complexity index is 698. The van der Waals surface area contributed by atoms with E-state index in [1.54, 1.807) is 9.07 Å². The zero-order chi connectivity index (χ0) is 17.4. The molecule has 1 nitrogen and oxygen atoms in total. The zero-order valence-electron chi connectivity index (χ0n) is 16.5. The molecule has 0 radical (unpaired) electrons. The van der Waals surface area contributed by atoms with Gasteiger partial charge in [-0.05, 0) is 0 Å². The van der Waals surface area contributed by atoms with Crippen molar-refractivity contribution >= 4 is 51.0 Å². The topological polar surface area (TPSA) is 9.23 Å². The molecule has 0 bridgehead atoms. The molecule has 0 unspecified atom stereocenters. The maximum absolute atomic E-state index is 6.44. The molecule has 0 amide bonds. The van der Waals surface area contributed by atoms with Gasteiger partial charge in [0, 0.05) is 0 Å². The summed E-state index contributed by atoms with van der Waals surface area (Å²) in [5, 5.41) is 3.06. The summed E-state index contributed by atoms with van der Waals surface area (Å²) in [6, 6.07) is 6.78. The van der Waals surface area contributed by atoms with E-state index in [0.29, 0.717) is 0 Å². The van der Waals surface area contributed by atoms with E-state index in [4.69, 9.17) is 3.32 Å². The number of rotatable bonds is 5. The summed E-state index contributed by atoms with van der Waals surface area (Å²) >= 11 is -1.92. The van der Waals surface area contributed by atoms with Gasteiger partial charge in [0.25, 0.3) is 0 Å². The summed E-state index contributed by atoms with van der Waals surface area (Å²) in [5.41, 5.74) is 1.30. The molecule has 0 atom stereocenters. The first-order valence-corrected chi connectivity index (χ1v) is 17.9. The van der Waals surface area contributed by atoms with Crippen LogP contribution in [0.15, 0.2) is 39.4 Å². The molecule has 0 aromatic heterocycles. The average Bonchev–Trinajstić information content (AvgIpc) is 2.85. The van der Waals surface area contributed by atoms with Crippen LogP contribution in [0.1, 0.15) is 12.0 Å². The maximum atomic E-state index is 6.44. The number of benzene rings is 1. The number of hydrogen-bond acceptors (Lipinski definition) is 1. The normalized spacial score (nSPS) is 14.0. The van der Waals surface area contributed by atoms with Gasteiger partial charge in [-0.25, -0.2) is 0 Å². The van der Waals surface area contributed by atoms with Gasteiger partial charge >= 0.3 is 151 Å². The third-order valence-electron chi connectivity index (χ3n) is 4.23. The minimum absolute atomic E-state index is 0. The standard InChI is InChI=1S/C10H16OSi.C8H13Si.CH2.2ClH.Ti/c1-8-5-9(11)7-10(6-8)12(2,3)4;1-9(2,3)8-6-4-5-7-8;;;;/h5-7,11H,1-4H3;4,6H,5H2,1-3H3;1H2;2*1H;/q;;;;;+1/p-1. The number of halogens is 2. The second kappa shape index (κ2) is 9.34. The van der Waals surface area contributed by atoms with Crippen molar-refractivity contribution in [1.29, 1.82) is 0 Å². The Hall–Kier alpha value is 0.0981. The van der Waals surface area contributed by atoms with Crippen LogP contribution in [0.25, 0.3) is 0 Å². The Balaban J connectivity index is 0.00000288. The van der Waals surface area contributed by atoms with E-state index in [1.807, 2.05) is 0 Å². The van der Waals surface area contributed by atoms with E-state index in [0.717, 1.165) is 12.2 Å². The molecule has 0 N–H and O–H groups in total. The van der Waals surface area contributed by atoms with E-state index in [-0.39, 0.29) is 24.8 Å². The van der Waals surface area contributed by atoms with Gasteiger partial charge in [-0.15, -0.1) is 24.8 Å². The summed E-state index contributed by atoms with van der Waals surface area (Å²) in [4.78, 5) is 4.48. The van der Waals surface area contributed by atoms with Gasteiger partial charge in [0.2, 0.25) is 0 Å². The van der Waals surface area contributed by atoms with Gasteiger partial charge in [0.1, 0.15) is 0 Å². The first kappa shape index (κ1) is 25.1. The molecular weight excluding hydrogens is 419 g/mol. The Morgan fingerprint density at radius 2 is 1.56 bits per heavy atom. The van der Waals surface area contributed by atoms with Crippen LogP contribution in [0.5, 0.6) is 5.75 Å². The van der Waals surface area contributed by atoms with Crippen LogP contribution in [0.3, 0.4) is 0 Å². The summed E-state index contributed by atoms with van der Waals surface area (Å²) in [7, 11) is -2.62. The summed E-state index contributed by atoms with van der Waals surface area (Å²) in [6.45, 7) is 16.6. The first-order chi connectivity index (χ1) is 10.5. The van der Waals surface area contributed by atoms with Crippen molar-refractivity contribution in [2.45, 2.75) is 52.6 Å². The molecule has 0 fully saturated rings. The molecule has 1 aromatic carbocycles. The monoisotopic (exact) mass is 450 g/mol. The van der Waals surface area contributed by atoms with Gasteiger partial charge in [-0.1, -0.05) is 0 Å². The molecule has 0 saturated carbocycles. The third-order valence-corrected chi connectivity index (χ3v) is 11.3. The fourth-order valence-corrected chi connectivity index (χ4v) is 10.1. The van der Waals surface area contributed by atoms with Crippen molar-refractivity contribution in [3.8, 4) is 5.75 Å². The van der Waals surface area contributed by atoms with E-state index in [9.17, 15) is 0 Å². The van der Waals surface area contributed by atoms with Gasteiger partial charge in [-0.2, -0.15) is 0 Å². The van der Waals surface area contributed by atoms with Gasteiger partial charge in [-0.3, -0.25) is 0 Å². The number of allylic oxidation sites excluding steroid dienone is 4. The predicted molar refractivity (Wildman–Crippen MR) is 121 cm³/mol. The molecule has 0 saturated heterocycles. The first-order valence-electron chi connectivity index (χ1n) is 8.38. The molecular formula is C19H32Cl2OSi2Ti. The summed E-state index contributed by atoms with van der Waals surface area (Å²) in [5.74, 6) is 1.04. The minimum atomic E-state index is -1.92. The molecule has 1 aromatic rings. The van der Waals surface area contributed by atoms with Crippen LogP contribution in [0, 0.1) is 6.92 Å². The molecule has 2 rings (SSSR count). The molecule has 0 heterocycles. The van der Waals surface area contributed by atoms with Crippen LogP contribution >= 0.6 is 24.8 Å². The van der Waals surface area contributed by atoms with E-state index < -0.39 is 33.9 Å². The Morgan fingerprint density at radius 3 is 2.08 bits per heavy atom. The van der Waals surface area contributed by atoms with Crippen molar-refractivity contribution < 1.29 is 21.1 Å². The second-order valence-corrected chi connectivity index (χ2v) is 21.3. The van der Waals surface area contributed by atoms with Crippen molar-refractivity contribution in [2.24, 2.45) is 0 Å². The molecule has 25 heavy (non-hydrogen) atoms. The third kappa shape index (κ3) is 6.64. The quantitative estimate of drug-likeness (QED) is 0.513. The van der Waals surface area contributed by atoms with Crippen LogP contribution in [0.4, 0.5) is 0 Å². The van der Waals surface area contributed by atoms with E-state index >= 15 is 0 Å².